The third kappa shape index (κ3) is 2.54. The minimum atomic E-state index is 0.480. The van der Waals surface area contributed by atoms with Crippen LogP contribution in [0.15, 0.2) is 0 Å². The summed E-state index contributed by atoms with van der Waals surface area (Å²) >= 11 is 0. The summed E-state index contributed by atoms with van der Waals surface area (Å²) in [5, 5.41) is 0. The molecule has 0 unspecified atom stereocenters. The number of hydrogen-bond acceptors (Lipinski definition) is 2. The Morgan fingerprint density at radius 3 is 2.60 bits per heavy atom. The Kier molecular flexibility index (Phi) is 3.36. The van der Waals surface area contributed by atoms with E-state index in [-0.39, 0.29) is 0 Å². The molecule has 0 spiro atoms. The van der Waals surface area contributed by atoms with Gasteiger partial charge in [0.05, 0.1) is 12.7 Å². The molecule has 1 saturated carbocycles. The summed E-state index contributed by atoms with van der Waals surface area (Å²) in [6, 6.07) is 0.622. The molecule has 1 saturated heterocycles. The highest BCUT2D eigenvalue weighted by Crippen LogP contribution is 2.49. The number of ether oxygens (including phenoxy) is 1. The molecular weight excluding hydrogens is 186 g/mol. The van der Waals surface area contributed by atoms with Crippen LogP contribution in [-0.2, 0) is 4.74 Å². The number of morpholine rings is 1. The summed E-state index contributed by atoms with van der Waals surface area (Å²) in [4.78, 5) is 2.66. The molecule has 0 aromatic heterocycles. The molecule has 15 heavy (non-hydrogen) atoms. The van der Waals surface area contributed by atoms with Gasteiger partial charge < -0.3 is 4.74 Å². The van der Waals surface area contributed by atoms with Crippen molar-refractivity contribution in [3.63, 3.8) is 0 Å². The highest BCUT2D eigenvalue weighted by molar-refractivity contribution is 4.96. The summed E-state index contributed by atoms with van der Waals surface area (Å²) in [6.07, 6.45) is 5.89. The van der Waals surface area contributed by atoms with Gasteiger partial charge in [-0.3, -0.25) is 4.90 Å². The van der Waals surface area contributed by atoms with Crippen LogP contribution in [0.4, 0.5) is 0 Å². The number of rotatable bonds is 4. The minimum absolute atomic E-state index is 0.480. The first kappa shape index (κ1) is 11.4. The molecule has 0 aromatic rings. The summed E-state index contributed by atoms with van der Waals surface area (Å²) in [6.45, 7) is 10.3. The van der Waals surface area contributed by atoms with E-state index in [1.165, 1.54) is 25.8 Å². The third-order valence-electron chi connectivity index (χ3n) is 4.34. The molecule has 0 bridgehead atoms. The lowest BCUT2D eigenvalue weighted by Crippen LogP contribution is -2.50. The molecular formula is C13H25NO. The highest BCUT2D eigenvalue weighted by atomic mass is 16.5. The van der Waals surface area contributed by atoms with Crippen LogP contribution in [0.2, 0.25) is 0 Å². The number of hydrogen-bond donors (Lipinski definition) is 0. The van der Waals surface area contributed by atoms with Gasteiger partial charge in [-0.25, -0.2) is 0 Å². The van der Waals surface area contributed by atoms with E-state index < -0.39 is 0 Å². The van der Waals surface area contributed by atoms with Crippen LogP contribution in [0.3, 0.4) is 0 Å². The zero-order chi connectivity index (χ0) is 10.9. The van der Waals surface area contributed by atoms with Gasteiger partial charge in [0, 0.05) is 19.1 Å². The van der Waals surface area contributed by atoms with Gasteiger partial charge in [-0.2, -0.15) is 0 Å². The lowest BCUT2D eigenvalue weighted by Gasteiger charge is -2.39. The Balaban J connectivity index is 1.88. The van der Waals surface area contributed by atoms with Gasteiger partial charge in [0.25, 0.3) is 0 Å². The Hall–Kier alpha value is -0.0800. The van der Waals surface area contributed by atoms with Crippen molar-refractivity contribution in [3.8, 4) is 0 Å². The average Bonchev–Trinajstić information content (AvgIpc) is 3.02. The van der Waals surface area contributed by atoms with Crippen LogP contribution in [0.1, 0.15) is 46.5 Å². The second-order valence-electron chi connectivity index (χ2n) is 5.50. The normalized spacial score (nSPS) is 35.4. The summed E-state index contributed by atoms with van der Waals surface area (Å²) in [5.74, 6) is 0. The van der Waals surface area contributed by atoms with Crippen molar-refractivity contribution in [2.75, 3.05) is 19.7 Å². The molecule has 2 nitrogen and oxygen atoms in total. The molecule has 0 amide bonds. The second-order valence-corrected chi connectivity index (χ2v) is 5.50. The molecule has 2 aliphatic rings. The first-order chi connectivity index (χ1) is 7.19. The van der Waals surface area contributed by atoms with E-state index in [1.54, 1.807) is 0 Å². The van der Waals surface area contributed by atoms with E-state index in [0.29, 0.717) is 17.6 Å². The highest BCUT2D eigenvalue weighted by Gasteiger charge is 2.43. The van der Waals surface area contributed by atoms with Crippen LogP contribution in [0.25, 0.3) is 0 Å². The van der Waals surface area contributed by atoms with E-state index in [1.807, 2.05) is 0 Å². The largest absolute Gasteiger partial charge is 0.375 e. The average molecular weight is 211 g/mol. The van der Waals surface area contributed by atoms with Crippen molar-refractivity contribution >= 4 is 0 Å². The second kappa shape index (κ2) is 4.42. The molecule has 1 aliphatic carbocycles. The van der Waals surface area contributed by atoms with E-state index in [9.17, 15) is 0 Å². The van der Waals surface area contributed by atoms with Crippen LogP contribution >= 0.6 is 0 Å². The lowest BCUT2D eigenvalue weighted by molar-refractivity contribution is -0.0653. The SMILES string of the molecule is CC[C@@H]1CN(CC2(CC)CC2)[C@H](C)CO1. The van der Waals surface area contributed by atoms with E-state index in [0.717, 1.165) is 19.6 Å². The molecule has 2 rings (SSSR count). The van der Waals surface area contributed by atoms with Crippen molar-refractivity contribution in [1.29, 1.82) is 0 Å². The third-order valence-corrected chi connectivity index (χ3v) is 4.34. The van der Waals surface area contributed by atoms with Crippen molar-refractivity contribution in [1.82, 2.24) is 4.90 Å². The minimum Gasteiger partial charge on any atom is -0.375 e. The molecule has 2 atom stereocenters. The molecule has 88 valence electrons. The molecule has 1 aliphatic heterocycles. The predicted molar refractivity (Wildman–Crippen MR) is 63.0 cm³/mol. The first-order valence-corrected chi connectivity index (χ1v) is 6.55. The summed E-state index contributed by atoms with van der Waals surface area (Å²) in [5.41, 5.74) is 0.684. The summed E-state index contributed by atoms with van der Waals surface area (Å²) < 4.78 is 5.80. The van der Waals surface area contributed by atoms with E-state index in [2.05, 4.69) is 25.7 Å². The maximum atomic E-state index is 5.80. The van der Waals surface area contributed by atoms with Gasteiger partial charge in [-0.15, -0.1) is 0 Å². The van der Waals surface area contributed by atoms with Crippen molar-refractivity contribution < 1.29 is 4.74 Å². The Morgan fingerprint density at radius 2 is 2.07 bits per heavy atom. The van der Waals surface area contributed by atoms with Crippen molar-refractivity contribution in [3.05, 3.63) is 0 Å². The zero-order valence-corrected chi connectivity index (χ0v) is 10.5. The van der Waals surface area contributed by atoms with Gasteiger partial charge in [-0.1, -0.05) is 13.8 Å². The van der Waals surface area contributed by atoms with Crippen molar-refractivity contribution in [2.24, 2.45) is 5.41 Å². The molecule has 1 heterocycles. The van der Waals surface area contributed by atoms with Crippen LogP contribution in [0, 0.1) is 5.41 Å². The Bertz CT molecular complexity index is 213. The standard InChI is InChI=1S/C13H25NO/c1-4-12-8-14(11(3)9-15-12)10-13(5-2)6-7-13/h11-12H,4-10H2,1-3H3/t11-,12-/m1/s1. The first-order valence-electron chi connectivity index (χ1n) is 6.55. The fourth-order valence-corrected chi connectivity index (χ4v) is 2.57. The van der Waals surface area contributed by atoms with Gasteiger partial charge in [0.2, 0.25) is 0 Å². The fraction of sp³-hybridized carbons (Fsp3) is 1.00. The van der Waals surface area contributed by atoms with Gasteiger partial charge in [0.15, 0.2) is 0 Å². The van der Waals surface area contributed by atoms with Crippen LogP contribution in [-0.4, -0.2) is 36.7 Å². The maximum absolute atomic E-state index is 5.80. The number of nitrogens with zero attached hydrogens (tertiary/aromatic N) is 1. The quantitative estimate of drug-likeness (QED) is 0.709. The van der Waals surface area contributed by atoms with Gasteiger partial charge >= 0.3 is 0 Å². The van der Waals surface area contributed by atoms with Gasteiger partial charge in [-0.05, 0) is 38.0 Å². The summed E-state index contributed by atoms with van der Waals surface area (Å²) in [7, 11) is 0. The molecule has 2 heteroatoms. The molecule has 0 aromatic carbocycles. The molecule has 0 radical (unpaired) electrons. The van der Waals surface area contributed by atoms with Crippen molar-refractivity contribution in [2.45, 2.75) is 58.6 Å². The molecule has 0 N–H and O–H groups in total. The van der Waals surface area contributed by atoms with E-state index >= 15 is 0 Å². The van der Waals surface area contributed by atoms with Gasteiger partial charge in [0.1, 0.15) is 0 Å². The van der Waals surface area contributed by atoms with Crippen LogP contribution in [0.5, 0.6) is 0 Å². The molecule has 2 fully saturated rings. The smallest absolute Gasteiger partial charge is 0.0700 e. The monoisotopic (exact) mass is 211 g/mol. The lowest BCUT2D eigenvalue weighted by atomic mass is 10.0. The van der Waals surface area contributed by atoms with E-state index in [4.69, 9.17) is 4.74 Å². The Morgan fingerprint density at radius 1 is 1.33 bits per heavy atom. The predicted octanol–water partition coefficient (Wildman–Crippen LogP) is 2.68. The zero-order valence-electron chi connectivity index (χ0n) is 10.5. The topological polar surface area (TPSA) is 12.5 Å². The maximum Gasteiger partial charge on any atom is 0.0700 e. The fourth-order valence-electron chi connectivity index (χ4n) is 2.57. The Labute approximate surface area is 94.0 Å². The van der Waals surface area contributed by atoms with Crippen LogP contribution < -0.4 is 0 Å².